The zero-order chi connectivity index (χ0) is 43.2. The van der Waals surface area contributed by atoms with Crippen LogP contribution in [-0.4, -0.2) is 28.4 Å². The van der Waals surface area contributed by atoms with Crippen LogP contribution in [0.2, 0.25) is 0 Å². The summed E-state index contributed by atoms with van der Waals surface area (Å²) in [5.41, 5.74) is 2.23. The molecule has 0 fully saturated rings. The molecule has 64 heavy (non-hydrogen) atoms. The molecule has 0 radical (unpaired) electrons. The van der Waals surface area contributed by atoms with Crippen LogP contribution >= 0.6 is 8.24 Å². The van der Waals surface area contributed by atoms with E-state index < -0.39 is 8.24 Å². The first kappa shape index (κ1) is 38.3. The predicted molar refractivity (Wildman–Crippen MR) is 264 cm³/mol. The van der Waals surface area contributed by atoms with E-state index >= 15 is 0 Å². The largest absolute Gasteiger partial charge is 0.496 e. The van der Waals surface area contributed by atoms with Gasteiger partial charge in [0.25, 0.3) is 0 Å². The smallest absolute Gasteiger partial charge is 0.388 e. The maximum atomic E-state index is 7.38. The molecule has 0 unspecified atom stereocenters. The number of hydrogen-bond donors (Lipinski definition) is 0. The Kier molecular flexibility index (Phi) is 8.87. The summed E-state index contributed by atoms with van der Waals surface area (Å²) in [6.07, 6.45) is -0.380. The van der Waals surface area contributed by atoms with Crippen LogP contribution in [0.15, 0.2) is 160 Å². The monoisotopic (exact) mass is 856 g/mol. The van der Waals surface area contributed by atoms with Gasteiger partial charge in [-0.25, -0.2) is 0 Å². The molecular weight excluding hydrogens is 816 g/mol. The molecule has 7 nitrogen and oxygen atoms in total. The fourth-order valence-electron chi connectivity index (χ4n) is 10.0. The van der Waals surface area contributed by atoms with E-state index in [0.29, 0.717) is 22.7 Å². The minimum atomic E-state index is -2.14. The van der Waals surface area contributed by atoms with Crippen molar-refractivity contribution in [2.24, 2.45) is 0 Å². The molecule has 0 bridgehead atoms. The summed E-state index contributed by atoms with van der Waals surface area (Å²) < 4.78 is 46.9. The Balaban J connectivity index is 1.38. The van der Waals surface area contributed by atoms with Crippen molar-refractivity contribution in [2.45, 2.75) is 13.0 Å². The van der Waals surface area contributed by atoms with Crippen molar-refractivity contribution < 1.29 is 31.9 Å². The third-order valence-electron chi connectivity index (χ3n) is 13.0. The van der Waals surface area contributed by atoms with Gasteiger partial charge < -0.3 is 27.3 Å². The first-order valence-electron chi connectivity index (χ1n) is 21.3. The minimum absolute atomic E-state index is 0.380. The number of fused-ring (bicyclic) bond motifs is 19. The van der Waals surface area contributed by atoms with Crippen molar-refractivity contribution in [1.29, 1.82) is 0 Å². The van der Waals surface area contributed by atoms with Gasteiger partial charge in [0.15, 0.2) is 11.2 Å². The highest BCUT2D eigenvalue weighted by atomic mass is 31.1. The molecule has 8 heteroatoms. The average molecular weight is 857 g/mol. The summed E-state index contributed by atoms with van der Waals surface area (Å²) >= 11 is 0. The van der Waals surface area contributed by atoms with E-state index in [-0.39, 0.29) is 6.10 Å². The maximum absolute atomic E-state index is 7.38. The van der Waals surface area contributed by atoms with Crippen LogP contribution in [0.1, 0.15) is 18.6 Å². The van der Waals surface area contributed by atoms with Gasteiger partial charge in [0.2, 0.25) is 0 Å². The Morgan fingerprint density at radius 3 is 1.22 bits per heavy atom. The SMILES string of the molecule is COc1cc2c3cc(OC)c4cc(OC)c5ccc6ccc7ccccc7c6c5c4c3op(O[C@H](C)c3ccccc3)oc2c2c1cc(OC)c1ccc3ccc4ccccc4c3c12. The fraction of sp³-hybridized carbons (Fsp3) is 0.107. The first-order chi connectivity index (χ1) is 31.5. The lowest BCUT2D eigenvalue weighted by Gasteiger charge is -2.17. The highest BCUT2D eigenvalue weighted by Gasteiger charge is 2.25. The number of benzene rings is 11. The van der Waals surface area contributed by atoms with Gasteiger partial charge in [-0.2, -0.15) is 0 Å². The quantitative estimate of drug-likeness (QED) is 0.148. The molecule has 0 saturated heterocycles. The van der Waals surface area contributed by atoms with Crippen molar-refractivity contribution in [3.05, 3.63) is 157 Å². The van der Waals surface area contributed by atoms with Gasteiger partial charge >= 0.3 is 8.24 Å². The maximum Gasteiger partial charge on any atom is 0.388 e. The van der Waals surface area contributed by atoms with E-state index in [4.69, 9.17) is 31.9 Å². The van der Waals surface area contributed by atoms with Gasteiger partial charge in [-0.1, -0.05) is 115 Å². The van der Waals surface area contributed by atoms with Crippen LogP contribution in [0.4, 0.5) is 0 Å². The van der Waals surface area contributed by atoms with Gasteiger partial charge in [0, 0.05) is 53.9 Å². The van der Waals surface area contributed by atoms with Crippen LogP contribution in [0.5, 0.6) is 23.0 Å². The Labute approximate surface area is 368 Å². The third-order valence-corrected chi connectivity index (χ3v) is 14.1. The Bertz CT molecular complexity index is 3720. The van der Waals surface area contributed by atoms with Gasteiger partial charge in [0.1, 0.15) is 23.0 Å². The Morgan fingerprint density at radius 2 is 0.750 bits per heavy atom. The summed E-state index contributed by atoms with van der Waals surface area (Å²) in [6.45, 7) is 2.04. The molecule has 1 atom stereocenters. The first-order valence-corrected chi connectivity index (χ1v) is 22.4. The number of rotatable bonds is 7. The van der Waals surface area contributed by atoms with Gasteiger partial charge in [-0.3, -0.25) is 4.52 Å². The van der Waals surface area contributed by atoms with Crippen LogP contribution in [-0.2, 0) is 0 Å². The molecule has 12 aromatic rings. The average Bonchev–Trinajstić information content (AvgIpc) is 3.50. The highest BCUT2D eigenvalue weighted by molar-refractivity contribution is 7.31. The summed E-state index contributed by atoms with van der Waals surface area (Å²) in [7, 11) is 4.71. The predicted octanol–water partition coefficient (Wildman–Crippen LogP) is 15.7. The number of hydrogen-bond acceptors (Lipinski definition) is 7. The normalized spacial score (nSPS) is 12.5. The molecular formula is C56H41O7P. The molecule has 12 rings (SSSR count). The minimum Gasteiger partial charge on any atom is -0.496 e. The highest BCUT2D eigenvalue weighted by Crippen LogP contribution is 2.52. The lowest BCUT2D eigenvalue weighted by molar-refractivity contribution is 0.286. The van der Waals surface area contributed by atoms with Crippen LogP contribution in [0.25, 0.3) is 108 Å². The summed E-state index contributed by atoms with van der Waals surface area (Å²) in [5.74, 6) is 2.76. The van der Waals surface area contributed by atoms with Crippen LogP contribution in [0, 0.1) is 0 Å². The molecule has 312 valence electrons. The molecule has 0 aliphatic heterocycles. The molecule has 0 spiro atoms. The van der Waals surface area contributed by atoms with Gasteiger partial charge in [-0.05, 0) is 92.0 Å². The molecule has 1 heterocycles. The lowest BCUT2D eigenvalue weighted by Crippen LogP contribution is -2.00. The topological polar surface area (TPSA) is 72.4 Å². The second-order valence-corrected chi connectivity index (χ2v) is 17.2. The van der Waals surface area contributed by atoms with Crippen LogP contribution < -0.4 is 23.5 Å². The van der Waals surface area contributed by atoms with Gasteiger partial charge in [0.05, 0.1) is 34.5 Å². The molecule has 0 saturated carbocycles. The third kappa shape index (κ3) is 5.64. The van der Waals surface area contributed by atoms with Crippen molar-refractivity contribution in [3.8, 4) is 23.0 Å². The molecule has 0 amide bonds. The molecule has 0 aliphatic carbocycles. The van der Waals surface area contributed by atoms with E-state index in [1.54, 1.807) is 28.4 Å². The van der Waals surface area contributed by atoms with Crippen molar-refractivity contribution in [3.63, 3.8) is 0 Å². The summed E-state index contributed by atoms with van der Waals surface area (Å²) in [5, 5.41) is 17.6. The molecule has 0 N–H and O–H groups in total. The second-order valence-electron chi connectivity index (χ2n) is 16.2. The van der Waals surface area contributed by atoms with E-state index in [0.717, 1.165) is 114 Å². The molecule has 0 aliphatic rings. The van der Waals surface area contributed by atoms with Crippen molar-refractivity contribution >= 4 is 116 Å². The number of ether oxygens (including phenoxy) is 4. The standard InChI is InChI=1S/C56H41O7P/c1-31(32-13-7-6-8-14-32)61-64-62-55-41(27-47(59-4)43-29-45(57-2)39-25-23-35-21-19-33-15-9-11-17-37(33)49(35)51(39)53(43)55)42-28-48(60-5)44-30-46(58-3)40-26-24-36-22-20-34-16-10-12-18-38(34)50(36)52(40)54(44)56(42)63-64/h6-31H,1-5H3/t31-/m1/s1. The Hall–Kier alpha value is -7.44. The number of methoxy groups -OCH3 is 4. The Morgan fingerprint density at radius 1 is 0.359 bits per heavy atom. The van der Waals surface area contributed by atoms with Crippen molar-refractivity contribution in [1.82, 2.24) is 0 Å². The molecule has 11 aromatic carbocycles. The summed E-state index contributed by atoms with van der Waals surface area (Å²) in [6, 6.07) is 52.7. The van der Waals surface area contributed by atoms with E-state index in [9.17, 15) is 0 Å². The lowest BCUT2D eigenvalue weighted by atomic mass is 9.90. The van der Waals surface area contributed by atoms with E-state index in [2.05, 4.69) is 133 Å². The molecule has 1 aromatic heterocycles. The van der Waals surface area contributed by atoms with Crippen molar-refractivity contribution in [2.75, 3.05) is 28.4 Å². The van der Waals surface area contributed by atoms with Gasteiger partial charge in [-0.15, -0.1) is 0 Å². The fourth-order valence-corrected chi connectivity index (χ4v) is 11.2. The zero-order valence-electron chi connectivity index (χ0n) is 35.8. The second kappa shape index (κ2) is 14.8. The zero-order valence-corrected chi connectivity index (χ0v) is 36.7. The van der Waals surface area contributed by atoms with E-state index in [1.807, 2.05) is 25.1 Å². The van der Waals surface area contributed by atoms with E-state index in [1.165, 1.54) is 0 Å². The van der Waals surface area contributed by atoms with Crippen LogP contribution in [0.3, 0.4) is 0 Å². The summed E-state index contributed by atoms with van der Waals surface area (Å²) in [4.78, 5) is 0.